The van der Waals surface area contributed by atoms with E-state index >= 15 is 0 Å². The van der Waals surface area contributed by atoms with E-state index in [4.69, 9.17) is 14.0 Å². The van der Waals surface area contributed by atoms with Gasteiger partial charge in [-0.15, -0.1) is 0 Å². The lowest BCUT2D eigenvalue weighted by molar-refractivity contribution is 0.0692. The van der Waals surface area contributed by atoms with Crippen molar-refractivity contribution in [1.29, 1.82) is 0 Å². The Kier molecular flexibility index (Phi) is 4.90. The van der Waals surface area contributed by atoms with Crippen LogP contribution in [0.25, 0.3) is 0 Å². The molecule has 7 heteroatoms. The highest BCUT2D eigenvalue weighted by molar-refractivity contribution is 7.86. The zero-order valence-corrected chi connectivity index (χ0v) is 11.7. The SMILES string of the molecule is CCOc1ccc(S(=O)(=O)OC(C)C)cc1C(=O)O. The lowest BCUT2D eigenvalue weighted by Gasteiger charge is -2.11. The molecular weight excluding hydrogens is 272 g/mol. The van der Waals surface area contributed by atoms with Crippen molar-refractivity contribution in [3.05, 3.63) is 23.8 Å². The highest BCUT2D eigenvalue weighted by Gasteiger charge is 2.21. The van der Waals surface area contributed by atoms with Crippen molar-refractivity contribution in [3.63, 3.8) is 0 Å². The topological polar surface area (TPSA) is 89.9 Å². The Morgan fingerprint density at radius 2 is 2.00 bits per heavy atom. The first-order valence-corrected chi connectivity index (χ1v) is 7.12. The van der Waals surface area contributed by atoms with E-state index < -0.39 is 22.2 Å². The van der Waals surface area contributed by atoms with Crippen LogP contribution in [0.15, 0.2) is 23.1 Å². The molecule has 1 aromatic carbocycles. The molecule has 0 fully saturated rings. The van der Waals surface area contributed by atoms with Gasteiger partial charge in [-0.2, -0.15) is 8.42 Å². The van der Waals surface area contributed by atoms with E-state index in [1.807, 2.05) is 0 Å². The van der Waals surface area contributed by atoms with E-state index in [9.17, 15) is 13.2 Å². The van der Waals surface area contributed by atoms with Crippen molar-refractivity contribution in [3.8, 4) is 5.75 Å². The maximum absolute atomic E-state index is 11.8. The third-order valence-electron chi connectivity index (χ3n) is 2.09. The van der Waals surface area contributed by atoms with Crippen molar-refractivity contribution in [2.24, 2.45) is 0 Å². The molecule has 0 radical (unpaired) electrons. The summed E-state index contributed by atoms with van der Waals surface area (Å²) in [6.07, 6.45) is -0.523. The summed E-state index contributed by atoms with van der Waals surface area (Å²) in [5.74, 6) is -1.14. The number of aromatic carboxylic acids is 1. The van der Waals surface area contributed by atoms with Crippen LogP contribution < -0.4 is 4.74 Å². The van der Waals surface area contributed by atoms with Crippen molar-refractivity contribution < 1.29 is 27.2 Å². The van der Waals surface area contributed by atoms with E-state index in [1.165, 1.54) is 12.1 Å². The lowest BCUT2D eigenvalue weighted by Crippen LogP contribution is -2.13. The van der Waals surface area contributed by atoms with Crippen LogP contribution in [0.4, 0.5) is 0 Å². The number of hydrogen-bond donors (Lipinski definition) is 1. The molecule has 6 nitrogen and oxygen atoms in total. The quantitative estimate of drug-likeness (QED) is 0.804. The number of rotatable bonds is 6. The minimum atomic E-state index is -3.97. The molecule has 0 amide bonds. The molecule has 0 aliphatic rings. The monoisotopic (exact) mass is 288 g/mol. The minimum absolute atomic E-state index is 0.124. The van der Waals surface area contributed by atoms with Crippen molar-refractivity contribution in [2.75, 3.05) is 6.61 Å². The summed E-state index contributed by atoms with van der Waals surface area (Å²) in [7, 11) is -3.97. The normalized spacial score (nSPS) is 11.6. The minimum Gasteiger partial charge on any atom is -0.493 e. The number of carboxylic acid groups (broad SMARTS) is 1. The molecule has 0 spiro atoms. The molecule has 106 valence electrons. The van der Waals surface area contributed by atoms with Crippen LogP contribution in [0, 0.1) is 0 Å². The van der Waals surface area contributed by atoms with Gasteiger partial charge in [-0.05, 0) is 39.0 Å². The van der Waals surface area contributed by atoms with Gasteiger partial charge in [0.15, 0.2) is 0 Å². The molecule has 1 rings (SSSR count). The summed E-state index contributed by atoms with van der Waals surface area (Å²) in [5, 5.41) is 9.05. The van der Waals surface area contributed by atoms with Gasteiger partial charge in [-0.3, -0.25) is 4.18 Å². The van der Waals surface area contributed by atoms with Gasteiger partial charge in [-0.1, -0.05) is 0 Å². The van der Waals surface area contributed by atoms with Gasteiger partial charge in [0.25, 0.3) is 10.1 Å². The van der Waals surface area contributed by atoms with E-state index in [1.54, 1.807) is 20.8 Å². The second kappa shape index (κ2) is 6.03. The van der Waals surface area contributed by atoms with Crippen LogP contribution in [0.1, 0.15) is 31.1 Å². The summed E-state index contributed by atoms with van der Waals surface area (Å²) in [6.45, 7) is 5.14. The Labute approximate surface area is 112 Å². The second-order valence-electron chi connectivity index (χ2n) is 4.00. The molecule has 1 N–H and O–H groups in total. The zero-order valence-electron chi connectivity index (χ0n) is 10.9. The molecular formula is C12H16O6S. The number of ether oxygens (including phenoxy) is 1. The summed E-state index contributed by atoms with van der Waals surface area (Å²) >= 11 is 0. The fourth-order valence-electron chi connectivity index (χ4n) is 1.42. The van der Waals surface area contributed by atoms with E-state index in [0.29, 0.717) is 0 Å². The maximum Gasteiger partial charge on any atom is 0.339 e. The number of benzene rings is 1. The Bertz CT molecular complexity index is 562. The van der Waals surface area contributed by atoms with Crippen molar-refractivity contribution in [2.45, 2.75) is 31.8 Å². The average molecular weight is 288 g/mol. The molecule has 0 aromatic heterocycles. The predicted octanol–water partition coefficient (Wildman–Crippen LogP) is 1.90. The largest absolute Gasteiger partial charge is 0.493 e. The van der Waals surface area contributed by atoms with Crippen LogP contribution in [-0.2, 0) is 14.3 Å². The fourth-order valence-corrected chi connectivity index (χ4v) is 2.54. The Balaban J connectivity index is 3.26. The number of carboxylic acids is 1. The van der Waals surface area contributed by atoms with Gasteiger partial charge in [0.2, 0.25) is 0 Å². The van der Waals surface area contributed by atoms with Crippen LogP contribution >= 0.6 is 0 Å². The molecule has 0 aliphatic carbocycles. The molecule has 0 saturated heterocycles. The summed E-state index contributed by atoms with van der Waals surface area (Å²) < 4.78 is 33.6. The van der Waals surface area contributed by atoms with Gasteiger partial charge in [0, 0.05) is 0 Å². The van der Waals surface area contributed by atoms with Crippen LogP contribution in [0.2, 0.25) is 0 Å². The van der Waals surface area contributed by atoms with Gasteiger partial charge in [0.05, 0.1) is 17.6 Å². The van der Waals surface area contributed by atoms with Crippen molar-refractivity contribution >= 4 is 16.1 Å². The smallest absolute Gasteiger partial charge is 0.339 e. The van der Waals surface area contributed by atoms with Gasteiger partial charge in [-0.25, -0.2) is 4.79 Å². The average Bonchev–Trinajstić information content (AvgIpc) is 2.27. The maximum atomic E-state index is 11.8. The van der Waals surface area contributed by atoms with Gasteiger partial charge >= 0.3 is 5.97 Å². The van der Waals surface area contributed by atoms with Gasteiger partial charge in [0.1, 0.15) is 11.3 Å². The highest BCUT2D eigenvalue weighted by atomic mass is 32.2. The van der Waals surface area contributed by atoms with Crippen LogP contribution in [0.5, 0.6) is 5.75 Å². The summed E-state index contributed by atoms with van der Waals surface area (Å²) in [5.41, 5.74) is -0.213. The van der Waals surface area contributed by atoms with Crippen LogP contribution in [-0.4, -0.2) is 32.2 Å². The number of hydrogen-bond acceptors (Lipinski definition) is 5. The van der Waals surface area contributed by atoms with E-state index in [-0.39, 0.29) is 22.8 Å². The Hall–Kier alpha value is -1.60. The highest BCUT2D eigenvalue weighted by Crippen LogP contribution is 2.24. The molecule has 0 heterocycles. The molecule has 0 aliphatic heterocycles. The Morgan fingerprint density at radius 1 is 1.37 bits per heavy atom. The lowest BCUT2D eigenvalue weighted by atomic mass is 10.2. The van der Waals surface area contributed by atoms with Crippen LogP contribution in [0.3, 0.4) is 0 Å². The Morgan fingerprint density at radius 3 is 2.47 bits per heavy atom. The van der Waals surface area contributed by atoms with Gasteiger partial charge < -0.3 is 9.84 Å². The molecule has 0 atom stereocenters. The third kappa shape index (κ3) is 3.93. The van der Waals surface area contributed by atoms with E-state index in [0.717, 1.165) is 6.07 Å². The number of carbonyl (C=O) groups is 1. The first-order chi connectivity index (χ1) is 8.77. The molecule has 19 heavy (non-hydrogen) atoms. The summed E-state index contributed by atoms with van der Waals surface area (Å²) in [4.78, 5) is 10.9. The van der Waals surface area contributed by atoms with Crippen molar-refractivity contribution in [1.82, 2.24) is 0 Å². The second-order valence-corrected chi connectivity index (χ2v) is 5.57. The fraction of sp³-hybridized carbons (Fsp3) is 0.417. The first-order valence-electron chi connectivity index (χ1n) is 5.71. The van der Waals surface area contributed by atoms with E-state index in [2.05, 4.69) is 0 Å². The zero-order chi connectivity index (χ0) is 14.6. The molecule has 1 aromatic rings. The predicted molar refractivity (Wildman–Crippen MR) is 68.0 cm³/mol. The summed E-state index contributed by atoms with van der Waals surface area (Å²) in [6, 6.07) is 3.60. The first kappa shape index (κ1) is 15.5. The third-order valence-corrected chi connectivity index (χ3v) is 3.56. The standard InChI is InChI=1S/C12H16O6S/c1-4-17-11-6-5-9(7-10(11)12(13)14)19(15,16)18-8(2)3/h5-8H,4H2,1-3H3,(H,13,14). The molecule has 0 saturated carbocycles. The molecule has 0 bridgehead atoms. The molecule has 0 unspecified atom stereocenters.